The van der Waals surface area contributed by atoms with Crippen LogP contribution >= 0.6 is 0 Å². The predicted octanol–water partition coefficient (Wildman–Crippen LogP) is 3.93. The number of benzene rings is 2. The third-order valence-corrected chi connectivity index (χ3v) is 4.71. The fraction of sp³-hybridized carbons (Fsp3) is 0.478. The van der Waals surface area contributed by atoms with Crippen LogP contribution in [0.25, 0.3) is 0 Å². The normalized spacial score (nSPS) is 12.2. The van der Waals surface area contributed by atoms with Crippen LogP contribution in [0.3, 0.4) is 0 Å². The first-order valence-corrected chi connectivity index (χ1v) is 10.2. The van der Waals surface area contributed by atoms with Crippen LogP contribution in [-0.4, -0.2) is 41.6 Å². The molecule has 0 spiro atoms. The Hall–Kier alpha value is -2.08. The smallest absolute Gasteiger partial charge is 0.157 e. The van der Waals surface area contributed by atoms with Crippen molar-refractivity contribution in [3.05, 3.63) is 59.7 Å². The molecule has 1 unspecified atom stereocenters. The number of hydrogen-bond acceptors (Lipinski definition) is 5. The molecule has 0 aliphatic rings. The van der Waals surface area contributed by atoms with Crippen LogP contribution < -0.4 is 5.32 Å². The van der Waals surface area contributed by atoms with Gasteiger partial charge in [-0.1, -0.05) is 36.4 Å². The molecule has 0 radical (unpaired) electrons. The molecular formula is C23H33NO4. The van der Waals surface area contributed by atoms with Gasteiger partial charge in [0.05, 0.1) is 6.10 Å². The third kappa shape index (κ3) is 8.74. The van der Waals surface area contributed by atoms with E-state index >= 15 is 0 Å². The molecule has 28 heavy (non-hydrogen) atoms. The number of ether oxygens (including phenoxy) is 1. The summed E-state index contributed by atoms with van der Waals surface area (Å²) in [4.78, 5) is 0. The third-order valence-electron chi connectivity index (χ3n) is 4.71. The minimum absolute atomic E-state index is 0.178. The monoisotopic (exact) mass is 387 g/mol. The number of hydrogen-bond donors (Lipinski definition) is 4. The van der Waals surface area contributed by atoms with Crippen LogP contribution in [0.2, 0.25) is 0 Å². The Bertz CT molecular complexity index is 663. The highest BCUT2D eigenvalue weighted by Crippen LogP contribution is 2.27. The highest BCUT2D eigenvalue weighted by Gasteiger charge is 2.09. The number of aliphatic hydroxyl groups excluding tert-OH is 1. The summed E-state index contributed by atoms with van der Waals surface area (Å²) in [5.74, 6) is -0.390. The van der Waals surface area contributed by atoms with E-state index in [1.54, 1.807) is 6.07 Å². The Balaban J connectivity index is 1.39. The van der Waals surface area contributed by atoms with Crippen LogP contribution in [0.1, 0.15) is 49.3 Å². The van der Waals surface area contributed by atoms with E-state index in [1.807, 2.05) is 6.07 Å². The molecule has 0 bridgehead atoms. The van der Waals surface area contributed by atoms with Gasteiger partial charge >= 0.3 is 0 Å². The molecule has 5 heteroatoms. The van der Waals surface area contributed by atoms with E-state index in [0.717, 1.165) is 58.3 Å². The number of phenolic OH excluding ortho intramolecular Hbond substituents is 2. The number of phenols is 2. The molecule has 0 amide bonds. The topological polar surface area (TPSA) is 82.0 Å². The Labute approximate surface area is 168 Å². The molecule has 5 nitrogen and oxygen atoms in total. The quantitative estimate of drug-likeness (QED) is 0.292. The van der Waals surface area contributed by atoms with E-state index in [0.29, 0.717) is 12.1 Å². The molecule has 2 aromatic carbocycles. The molecule has 0 aromatic heterocycles. The van der Waals surface area contributed by atoms with Crippen molar-refractivity contribution in [3.63, 3.8) is 0 Å². The molecule has 0 saturated heterocycles. The molecule has 2 rings (SSSR count). The lowest BCUT2D eigenvalue weighted by molar-refractivity contribution is 0.126. The number of aryl methyl sites for hydroxylation is 1. The van der Waals surface area contributed by atoms with E-state index in [1.165, 1.54) is 17.7 Å². The average molecular weight is 388 g/mol. The lowest BCUT2D eigenvalue weighted by Crippen LogP contribution is -2.22. The van der Waals surface area contributed by atoms with Crippen molar-refractivity contribution in [2.75, 3.05) is 26.3 Å². The molecule has 154 valence electrons. The maximum absolute atomic E-state index is 10.1. The van der Waals surface area contributed by atoms with Gasteiger partial charge < -0.3 is 25.4 Å². The Kier molecular flexibility index (Phi) is 10.4. The molecule has 4 N–H and O–H groups in total. The van der Waals surface area contributed by atoms with Gasteiger partial charge in [-0.2, -0.15) is 0 Å². The van der Waals surface area contributed by atoms with Crippen molar-refractivity contribution < 1.29 is 20.1 Å². The number of nitrogens with one attached hydrogen (secondary N) is 1. The van der Waals surface area contributed by atoms with Gasteiger partial charge in [-0.15, -0.1) is 0 Å². The standard InChI is InChI=1S/C23H33NO4/c25-21-13-12-20(17-22(21)26)23(27)18-24-14-6-2-7-15-28-16-8-5-11-19-9-3-1-4-10-19/h1,3-4,9-10,12-13,17,23-27H,2,5-8,11,14-16,18H2. The summed E-state index contributed by atoms with van der Waals surface area (Å²) in [6, 6.07) is 14.9. The molecule has 0 fully saturated rings. The summed E-state index contributed by atoms with van der Waals surface area (Å²) in [6.07, 6.45) is 5.85. The van der Waals surface area contributed by atoms with Crippen LogP contribution in [0.15, 0.2) is 48.5 Å². The summed E-state index contributed by atoms with van der Waals surface area (Å²) in [7, 11) is 0. The fourth-order valence-corrected chi connectivity index (χ4v) is 3.02. The van der Waals surface area contributed by atoms with Crippen LogP contribution in [0, 0.1) is 0 Å². The minimum atomic E-state index is -0.703. The molecule has 0 saturated carbocycles. The second-order valence-electron chi connectivity index (χ2n) is 7.08. The van der Waals surface area contributed by atoms with Crippen LogP contribution in [-0.2, 0) is 11.2 Å². The van der Waals surface area contributed by atoms with Crippen molar-refractivity contribution >= 4 is 0 Å². The van der Waals surface area contributed by atoms with Crippen molar-refractivity contribution in [3.8, 4) is 11.5 Å². The number of unbranched alkanes of at least 4 members (excludes halogenated alkanes) is 3. The van der Waals surface area contributed by atoms with E-state index in [-0.39, 0.29) is 11.5 Å². The number of rotatable bonds is 14. The fourth-order valence-electron chi connectivity index (χ4n) is 3.02. The van der Waals surface area contributed by atoms with Crippen molar-refractivity contribution in [1.29, 1.82) is 0 Å². The van der Waals surface area contributed by atoms with Gasteiger partial charge in [-0.25, -0.2) is 0 Å². The molecule has 0 aliphatic heterocycles. The summed E-state index contributed by atoms with van der Waals surface area (Å²) in [5.41, 5.74) is 1.98. The van der Waals surface area contributed by atoms with E-state index in [4.69, 9.17) is 4.74 Å². The molecule has 1 atom stereocenters. The van der Waals surface area contributed by atoms with Gasteiger partial charge in [-0.05, 0) is 68.3 Å². The largest absolute Gasteiger partial charge is 0.504 e. The molecule has 0 aliphatic carbocycles. The van der Waals surface area contributed by atoms with Gasteiger partial charge in [0.25, 0.3) is 0 Å². The molecule has 0 heterocycles. The predicted molar refractivity (Wildman–Crippen MR) is 112 cm³/mol. The van der Waals surface area contributed by atoms with Gasteiger partial charge in [-0.3, -0.25) is 0 Å². The Morgan fingerprint density at radius 3 is 2.32 bits per heavy atom. The first-order chi connectivity index (χ1) is 13.7. The second kappa shape index (κ2) is 13.2. The first-order valence-electron chi connectivity index (χ1n) is 10.2. The second-order valence-corrected chi connectivity index (χ2v) is 7.08. The first kappa shape index (κ1) is 22.2. The highest BCUT2D eigenvalue weighted by atomic mass is 16.5. The van der Waals surface area contributed by atoms with Gasteiger partial charge in [0, 0.05) is 19.8 Å². The molecular weight excluding hydrogens is 354 g/mol. The van der Waals surface area contributed by atoms with Crippen molar-refractivity contribution in [2.24, 2.45) is 0 Å². The maximum atomic E-state index is 10.1. The van der Waals surface area contributed by atoms with E-state index in [2.05, 4.69) is 29.6 Å². The zero-order chi connectivity index (χ0) is 20.0. The summed E-state index contributed by atoms with van der Waals surface area (Å²) in [5, 5.41) is 32.1. The highest BCUT2D eigenvalue weighted by molar-refractivity contribution is 5.41. The Morgan fingerprint density at radius 2 is 1.57 bits per heavy atom. The number of aromatic hydroxyl groups is 2. The minimum Gasteiger partial charge on any atom is -0.504 e. The summed E-state index contributed by atoms with van der Waals surface area (Å²) >= 11 is 0. The van der Waals surface area contributed by atoms with E-state index in [9.17, 15) is 15.3 Å². The van der Waals surface area contributed by atoms with Gasteiger partial charge in [0.15, 0.2) is 11.5 Å². The average Bonchev–Trinajstić information content (AvgIpc) is 2.71. The van der Waals surface area contributed by atoms with Crippen LogP contribution in [0.4, 0.5) is 0 Å². The summed E-state index contributed by atoms with van der Waals surface area (Å²) < 4.78 is 5.69. The van der Waals surface area contributed by atoms with Crippen molar-refractivity contribution in [1.82, 2.24) is 5.32 Å². The SMILES string of the molecule is Oc1ccc(C(O)CNCCCCCOCCCCc2ccccc2)cc1O. The van der Waals surface area contributed by atoms with Gasteiger partial charge in [0.2, 0.25) is 0 Å². The zero-order valence-electron chi connectivity index (χ0n) is 16.5. The zero-order valence-corrected chi connectivity index (χ0v) is 16.5. The Morgan fingerprint density at radius 1 is 0.821 bits per heavy atom. The van der Waals surface area contributed by atoms with Crippen molar-refractivity contribution in [2.45, 2.75) is 44.6 Å². The lowest BCUT2D eigenvalue weighted by Gasteiger charge is -2.13. The lowest BCUT2D eigenvalue weighted by atomic mass is 10.1. The van der Waals surface area contributed by atoms with Crippen LogP contribution in [0.5, 0.6) is 11.5 Å². The van der Waals surface area contributed by atoms with Gasteiger partial charge in [0.1, 0.15) is 0 Å². The van der Waals surface area contributed by atoms with E-state index < -0.39 is 6.10 Å². The number of aliphatic hydroxyl groups is 1. The summed E-state index contributed by atoms with van der Waals surface area (Å²) in [6.45, 7) is 2.89. The maximum Gasteiger partial charge on any atom is 0.157 e. The molecule has 2 aromatic rings.